The number of rotatable bonds is 6. The lowest BCUT2D eigenvalue weighted by Crippen LogP contribution is -2.30. The van der Waals surface area contributed by atoms with Crippen LogP contribution in [0.1, 0.15) is 31.2 Å². The maximum atomic E-state index is 12.5. The predicted octanol–water partition coefficient (Wildman–Crippen LogP) is 3.35. The van der Waals surface area contributed by atoms with Crippen molar-refractivity contribution in [2.75, 3.05) is 11.3 Å². The third-order valence-corrected chi connectivity index (χ3v) is 6.70. The Morgan fingerprint density at radius 3 is 2.28 bits per heavy atom. The van der Waals surface area contributed by atoms with Gasteiger partial charge in [-0.15, -0.1) is 0 Å². The third kappa shape index (κ3) is 6.43. The van der Waals surface area contributed by atoms with E-state index in [2.05, 4.69) is 14.4 Å². The van der Waals surface area contributed by atoms with E-state index in [0.29, 0.717) is 18.8 Å². The van der Waals surface area contributed by atoms with Crippen molar-refractivity contribution in [1.82, 2.24) is 4.72 Å². The Balaban J connectivity index is 1.67. The minimum atomic E-state index is -3.75. The first-order valence-electron chi connectivity index (χ1n) is 9.26. The fourth-order valence-corrected chi connectivity index (χ4v) is 4.76. The molecule has 0 bridgehead atoms. The van der Waals surface area contributed by atoms with E-state index >= 15 is 0 Å². The van der Waals surface area contributed by atoms with Crippen LogP contribution in [-0.2, 0) is 20.0 Å². The lowest BCUT2D eigenvalue weighted by atomic mass is 10.2. The molecule has 1 aliphatic rings. The Morgan fingerprint density at radius 1 is 0.828 bits per heavy atom. The number of benzene rings is 2. The standard InChI is InChI=1S/C20H23N3O4S2/c24-28(25,16-14-17-7-3-1-4-8-17)22-18-10-12-19(13-11-18)29(26,27)23-20-9-5-2-6-15-21-20/h1,3-4,7-8,10-14,16,22H,2,5-6,9,15H2,(H,21,23). The van der Waals surface area contributed by atoms with Crippen molar-refractivity contribution in [3.63, 3.8) is 0 Å². The molecule has 2 aromatic rings. The van der Waals surface area contributed by atoms with Crippen LogP contribution >= 0.6 is 0 Å². The molecule has 0 saturated carbocycles. The summed E-state index contributed by atoms with van der Waals surface area (Å²) < 4.78 is 54.4. The molecule has 0 aromatic heterocycles. The summed E-state index contributed by atoms with van der Waals surface area (Å²) in [6, 6.07) is 14.6. The van der Waals surface area contributed by atoms with Gasteiger partial charge in [0, 0.05) is 18.7 Å². The van der Waals surface area contributed by atoms with Crippen LogP contribution in [0.3, 0.4) is 0 Å². The van der Waals surface area contributed by atoms with Gasteiger partial charge in [-0.25, -0.2) is 16.8 Å². The van der Waals surface area contributed by atoms with Gasteiger partial charge in [-0.3, -0.25) is 14.4 Å². The second-order valence-electron chi connectivity index (χ2n) is 6.63. The van der Waals surface area contributed by atoms with Gasteiger partial charge in [0.25, 0.3) is 20.0 Å². The molecule has 0 radical (unpaired) electrons. The number of hydrogen-bond acceptors (Lipinski definition) is 5. The summed E-state index contributed by atoms with van der Waals surface area (Å²) in [4.78, 5) is 4.32. The van der Waals surface area contributed by atoms with E-state index in [9.17, 15) is 16.8 Å². The Bertz CT molecular complexity index is 1090. The fourth-order valence-electron chi connectivity index (χ4n) is 2.80. The monoisotopic (exact) mass is 433 g/mol. The van der Waals surface area contributed by atoms with Crippen molar-refractivity contribution in [3.8, 4) is 0 Å². The highest BCUT2D eigenvalue weighted by molar-refractivity contribution is 7.95. The van der Waals surface area contributed by atoms with Crippen molar-refractivity contribution in [2.45, 2.75) is 30.6 Å². The molecule has 154 valence electrons. The summed E-state index contributed by atoms with van der Waals surface area (Å²) in [5, 5.41) is 1.07. The smallest absolute Gasteiger partial charge is 0.262 e. The van der Waals surface area contributed by atoms with E-state index in [1.807, 2.05) is 18.2 Å². The highest BCUT2D eigenvalue weighted by Crippen LogP contribution is 2.17. The molecule has 0 unspecified atom stereocenters. The molecule has 29 heavy (non-hydrogen) atoms. The minimum Gasteiger partial charge on any atom is -0.280 e. The minimum absolute atomic E-state index is 0.0484. The Kier molecular flexibility index (Phi) is 6.71. The van der Waals surface area contributed by atoms with Crippen LogP contribution in [0, 0.1) is 0 Å². The van der Waals surface area contributed by atoms with E-state index in [-0.39, 0.29) is 10.6 Å². The zero-order valence-electron chi connectivity index (χ0n) is 15.8. The lowest BCUT2D eigenvalue weighted by Gasteiger charge is -2.10. The zero-order valence-corrected chi connectivity index (χ0v) is 17.4. The summed E-state index contributed by atoms with van der Waals surface area (Å²) in [6.45, 7) is 0.620. The molecule has 2 aromatic carbocycles. The molecule has 1 heterocycles. The summed E-state index contributed by atoms with van der Waals surface area (Å²) in [7, 11) is -7.48. The van der Waals surface area contributed by atoms with Crippen LogP contribution in [0.15, 0.2) is 69.9 Å². The molecular weight excluding hydrogens is 410 g/mol. The maximum absolute atomic E-state index is 12.5. The largest absolute Gasteiger partial charge is 0.280 e. The molecule has 9 heteroatoms. The summed E-state index contributed by atoms with van der Waals surface area (Å²) in [5.74, 6) is 0.471. The molecule has 0 aliphatic carbocycles. The van der Waals surface area contributed by atoms with Gasteiger partial charge in [0.05, 0.1) is 10.3 Å². The zero-order chi connectivity index (χ0) is 20.7. The molecule has 0 saturated heterocycles. The first-order chi connectivity index (χ1) is 13.8. The van der Waals surface area contributed by atoms with Crippen LogP contribution in [0.2, 0.25) is 0 Å². The first kappa shape index (κ1) is 21.1. The summed E-state index contributed by atoms with van der Waals surface area (Å²) in [5.41, 5.74) is 1.03. The van der Waals surface area contributed by atoms with E-state index in [0.717, 1.165) is 30.2 Å². The van der Waals surface area contributed by atoms with Crippen molar-refractivity contribution in [3.05, 3.63) is 65.6 Å². The number of nitrogens with zero attached hydrogens (tertiary/aromatic N) is 1. The van der Waals surface area contributed by atoms with Gasteiger partial charge in [0.2, 0.25) is 0 Å². The van der Waals surface area contributed by atoms with Gasteiger partial charge in [0.1, 0.15) is 5.84 Å². The third-order valence-electron chi connectivity index (χ3n) is 4.29. The van der Waals surface area contributed by atoms with Crippen molar-refractivity contribution in [2.24, 2.45) is 4.99 Å². The van der Waals surface area contributed by atoms with Gasteiger partial charge in [-0.2, -0.15) is 0 Å². The van der Waals surface area contributed by atoms with Crippen LogP contribution in [0.5, 0.6) is 0 Å². The molecule has 3 rings (SSSR count). The van der Waals surface area contributed by atoms with Crippen LogP contribution in [0.25, 0.3) is 6.08 Å². The van der Waals surface area contributed by atoms with Gasteiger partial charge < -0.3 is 0 Å². The van der Waals surface area contributed by atoms with E-state index in [4.69, 9.17) is 0 Å². The summed E-state index contributed by atoms with van der Waals surface area (Å²) >= 11 is 0. The maximum Gasteiger partial charge on any atom is 0.262 e. The molecular formula is C20H23N3O4S2. The highest BCUT2D eigenvalue weighted by Gasteiger charge is 2.17. The Morgan fingerprint density at radius 2 is 1.55 bits per heavy atom. The van der Waals surface area contributed by atoms with Gasteiger partial charge >= 0.3 is 0 Å². The van der Waals surface area contributed by atoms with Gasteiger partial charge in [0.15, 0.2) is 0 Å². The van der Waals surface area contributed by atoms with Crippen molar-refractivity contribution >= 4 is 37.6 Å². The van der Waals surface area contributed by atoms with Crippen molar-refractivity contribution in [1.29, 1.82) is 0 Å². The normalized spacial score (nSPS) is 15.5. The molecule has 0 spiro atoms. The van der Waals surface area contributed by atoms with Crippen molar-refractivity contribution < 1.29 is 16.8 Å². The number of hydrogen-bond donors (Lipinski definition) is 2. The second-order valence-corrected chi connectivity index (χ2v) is 9.88. The van der Waals surface area contributed by atoms with Gasteiger partial charge in [-0.1, -0.05) is 36.8 Å². The van der Waals surface area contributed by atoms with E-state index in [1.165, 1.54) is 30.3 Å². The van der Waals surface area contributed by atoms with E-state index < -0.39 is 20.0 Å². The number of amidine groups is 1. The average Bonchev–Trinajstić information content (AvgIpc) is 2.96. The topological polar surface area (TPSA) is 105 Å². The molecule has 0 atom stereocenters. The number of sulfonamides is 2. The predicted molar refractivity (Wildman–Crippen MR) is 116 cm³/mol. The molecule has 1 aliphatic heterocycles. The molecule has 0 fully saturated rings. The highest BCUT2D eigenvalue weighted by atomic mass is 32.2. The number of nitrogens with one attached hydrogen (secondary N) is 2. The van der Waals surface area contributed by atoms with E-state index in [1.54, 1.807) is 12.1 Å². The average molecular weight is 434 g/mol. The molecule has 7 nitrogen and oxygen atoms in total. The fraction of sp³-hybridized carbons (Fsp3) is 0.250. The quantitative estimate of drug-likeness (QED) is 0.729. The summed E-state index contributed by atoms with van der Waals surface area (Å²) in [6.07, 6.45) is 4.98. The van der Waals surface area contributed by atoms with Crippen LogP contribution in [-0.4, -0.2) is 29.2 Å². The van der Waals surface area contributed by atoms with Crippen LogP contribution in [0.4, 0.5) is 5.69 Å². The second kappa shape index (κ2) is 9.23. The van der Waals surface area contributed by atoms with Crippen LogP contribution < -0.4 is 9.44 Å². The SMILES string of the molecule is O=S(=O)(C=Cc1ccccc1)Nc1ccc(S(=O)(=O)NC2=NCCCCC2)cc1. The Hall–Kier alpha value is -2.65. The van der Waals surface area contributed by atoms with Gasteiger partial charge in [-0.05, 0) is 48.7 Å². The molecule has 0 amide bonds. The first-order valence-corrected chi connectivity index (χ1v) is 12.3. The number of anilines is 1. The molecule has 2 N–H and O–H groups in total. The number of aliphatic imine (C=N–C) groups is 1. The lowest BCUT2D eigenvalue weighted by molar-refractivity contribution is 0.592. The Labute approximate surface area is 171 Å².